The highest BCUT2D eigenvalue weighted by molar-refractivity contribution is 5.97. The summed E-state index contributed by atoms with van der Waals surface area (Å²) >= 11 is 0. The lowest BCUT2D eigenvalue weighted by molar-refractivity contribution is -0.122. The first-order valence-electron chi connectivity index (χ1n) is 9.25. The van der Waals surface area contributed by atoms with E-state index in [1.165, 1.54) is 13.4 Å². The summed E-state index contributed by atoms with van der Waals surface area (Å²) in [5, 5.41) is 0. The fraction of sp³-hybridized carbons (Fsp3) is 0.143. The SMILES string of the molecule is COC(=O)c1ccccc1N(C)c1ncnc(NNC(=O)COc2ccccc2)c1N. The van der Waals surface area contributed by atoms with Crippen LogP contribution >= 0.6 is 0 Å². The van der Waals surface area contributed by atoms with Crippen molar-refractivity contribution in [3.63, 3.8) is 0 Å². The highest BCUT2D eigenvalue weighted by Gasteiger charge is 2.19. The molecule has 0 aliphatic heterocycles. The molecule has 1 amide bonds. The second-order valence-corrected chi connectivity index (χ2v) is 6.30. The highest BCUT2D eigenvalue weighted by Crippen LogP contribution is 2.32. The topological polar surface area (TPSA) is 132 Å². The van der Waals surface area contributed by atoms with Crippen LogP contribution in [0.5, 0.6) is 5.75 Å². The summed E-state index contributed by atoms with van der Waals surface area (Å²) in [6.07, 6.45) is 1.29. The molecule has 2 aromatic carbocycles. The van der Waals surface area contributed by atoms with Gasteiger partial charge in [0.05, 0.1) is 18.4 Å². The number of rotatable bonds is 8. The molecule has 0 fully saturated rings. The first-order chi connectivity index (χ1) is 15.0. The summed E-state index contributed by atoms with van der Waals surface area (Å²) in [5.41, 5.74) is 12.4. The Kier molecular flexibility index (Phi) is 6.84. The van der Waals surface area contributed by atoms with Crippen molar-refractivity contribution in [2.45, 2.75) is 0 Å². The highest BCUT2D eigenvalue weighted by atomic mass is 16.5. The van der Waals surface area contributed by atoms with Gasteiger partial charge in [-0.1, -0.05) is 30.3 Å². The van der Waals surface area contributed by atoms with Gasteiger partial charge in [0, 0.05) is 7.05 Å². The molecule has 10 nitrogen and oxygen atoms in total. The van der Waals surface area contributed by atoms with Crippen LogP contribution in [0, 0.1) is 0 Å². The molecule has 31 heavy (non-hydrogen) atoms. The van der Waals surface area contributed by atoms with Gasteiger partial charge in [-0.05, 0) is 24.3 Å². The third kappa shape index (κ3) is 5.18. The molecule has 3 rings (SSSR count). The van der Waals surface area contributed by atoms with Gasteiger partial charge in [0.25, 0.3) is 5.91 Å². The molecular formula is C21H22N6O4. The Hall–Kier alpha value is -4.34. The Labute approximate surface area is 179 Å². The van der Waals surface area contributed by atoms with E-state index in [0.29, 0.717) is 22.8 Å². The third-order valence-electron chi connectivity index (χ3n) is 4.28. The standard InChI is InChI=1S/C21H22N6O4/c1-27(16-11-7-6-10-15(16)21(29)30-2)20-18(22)19(23-13-24-20)26-25-17(28)12-31-14-8-4-3-5-9-14/h3-11,13H,12,22H2,1-2H3,(H,25,28)(H,23,24,26). The summed E-state index contributed by atoms with van der Waals surface area (Å²) in [5.74, 6) is 0.198. The lowest BCUT2D eigenvalue weighted by Crippen LogP contribution is -2.34. The van der Waals surface area contributed by atoms with E-state index in [1.54, 1.807) is 48.3 Å². The van der Waals surface area contributed by atoms with E-state index in [1.807, 2.05) is 18.2 Å². The first-order valence-corrected chi connectivity index (χ1v) is 9.25. The average Bonchev–Trinajstić information content (AvgIpc) is 2.81. The summed E-state index contributed by atoms with van der Waals surface area (Å²) in [6.45, 7) is -0.193. The molecule has 0 spiro atoms. The van der Waals surface area contributed by atoms with Crippen molar-refractivity contribution in [2.24, 2.45) is 0 Å². The van der Waals surface area contributed by atoms with Gasteiger partial charge in [-0.3, -0.25) is 15.6 Å². The molecule has 0 radical (unpaired) electrons. The Balaban J connectivity index is 1.70. The zero-order valence-electron chi connectivity index (χ0n) is 17.0. The number of nitrogens with zero attached hydrogens (tertiary/aromatic N) is 3. The van der Waals surface area contributed by atoms with Gasteiger partial charge in [0.1, 0.15) is 17.8 Å². The number of para-hydroxylation sites is 2. The van der Waals surface area contributed by atoms with Crippen molar-refractivity contribution < 1.29 is 19.1 Å². The fourth-order valence-corrected chi connectivity index (χ4v) is 2.75. The van der Waals surface area contributed by atoms with Gasteiger partial charge < -0.3 is 20.1 Å². The fourth-order valence-electron chi connectivity index (χ4n) is 2.75. The van der Waals surface area contributed by atoms with Gasteiger partial charge in [0.2, 0.25) is 0 Å². The van der Waals surface area contributed by atoms with Crippen LogP contribution in [0.1, 0.15) is 10.4 Å². The van der Waals surface area contributed by atoms with Crippen molar-refractivity contribution in [1.29, 1.82) is 0 Å². The lowest BCUT2D eigenvalue weighted by atomic mass is 10.1. The maximum absolute atomic E-state index is 12.1. The molecule has 0 aliphatic rings. The predicted octanol–water partition coefficient (Wildman–Crippen LogP) is 2.14. The first kappa shape index (κ1) is 21.4. The minimum absolute atomic E-state index is 0.175. The Morgan fingerprint density at radius 2 is 1.77 bits per heavy atom. The van der Waals surface area contributed by atoms with Gasteiger partial charge in [0.15, 0.2) is 18.2 Å². The molecule has 0 saturated heterocycles. The number of methoxy groups -OCH3 is 1. The molecule has 0 bridgehead atoms. The molecule has 160 valence electrons. The molecule has 0 aliphatic carbocycles. The van der Waals surface area contributed by atoms with Crippen LogP contribution in [0.25, 0.3) is 0 Å². The molecular weight excluding hydrogens is 400 g/mol. The minimum Gasteiger partial charge on any atom is -0.484 e. The molecule has 1 aromatic heterocycles. The van der Waals surface area contributed by atoms with Crippen molar-refractivity contribution in [3.8, 4) is 5.75 Å². The molecule has 3 aromatic rings. The Morgan fingerprint density at radius 1 is 1.06 bits per heavy atom. The lowest BCUT2D eigenvalue weighted by Gasteiger charge is -2.23. The van der Waals surface area contributed by atoms with Crippen LogP contribution in [0.15, 0.2) is 60.9 Å². The number of amides is 1. The number of ether oxygens (including phenoxy) is 2. The summed E-state index contributed by atoms with van der Waals surface area (Å²) in [4.78, 5) is 34.0. The number of carbonyl (C=O) groups is 2. The summed E-state index contributed by atoms with van der Waals surface area (Å²) in [7, 11) is 3.01. The van der Waals surface area contributed by atoms with Crippen LogP contribution in [0.3, 0.4) is 0 Å². The average molecular weight is 422 g/mol. The number of esters is 1. The number of aromatic nitrogens is 2. The number of carbonyl (C=O) groups excluding carboxylic acids is 2. The number of nitrogens with one attached hydrogen (secondary N) is 2. The number of anilines is 4. The number of hydrazine groups is 1. The van der Waals surface area contributed by atoms with E-state index >= 15 is 0 Å². The smallest absolute Gasteiger partial charge is 0.339 e. The van der Waals surface area contributed by atoms with E-state index in [0.717, 1.165) is 0 Å². The van der Waals surface area contributed by atoms with Crippen molar-refractivity contribution in [3.05, 3.63) is 66.5 Å². The van der Waals surface area contributed by atoms with E-state index < -0.39 is 11.9 Å². The zero-order chi connectivity index (χ0) is 22.2. The second kappa shape index (κ2) is 9.92. The Morgan fingerprint density at radius 3 is 2.52 bits per heavy atom. The quantitative estimate of drug-likeness (QED) is 0.369. The van der Waals surface area contributed by atoms with E-state index in [2.05, 4.69) is 20.8 Å². The van der Waals surface area contributed by atoms with E-state index in [9.17, 15) is 9.59 Å². The largest absolute Gasteiger partial charge is 0.484 e. The maximum Gasteiger partial charge on any atom is 0.339 e. The van der Waals surface area contributed by atoms with Crippen LogP contribution in [0.2, 0.25) is 0 Å². The predicted molar refractivity (Wildman–Crippen MR) is 116 cm³/mol. The van der Waals surface area contributed by atoms with Gasteiger partial charge in [-0.15, -0.1) is 0 Å². The van der Waals surface area contributed by atoms with E-state index in [-0.39, 0.29) is 18.1 Å². The maximum atomic E-state index is 12.1. The van der Waals surface area contributed by atoms with Crippen LogP contribution in [0.4, 0.5) is 23.0 Å². The number of hydrogen-bond acceptors (Lipinski definition) is 9. The Bertz CT molecular complexity index is 1060. The summed E-state index contributed by atoms with van der Waals surface area (Å²) in [6, 6.07) is 15.9. The molecule has 4 N–H and O–H groups in total. The van der Waals surface area contributed by atoms with Crippen molar-refractivity contribution >= 4 is 34.9 Å². The monoisotopic (exact) mass is 422 g/mol. The molecule has 0 atom stereocenters. The number of benzene rings is 2. The van der Waals surface area contributed by atoms with Crippen LogP contribution in [-0.4, -0.2) is 42.6 Å². The van der Waals surface area contributed by atoms with Crippen LogP contribution < -0.4 is 26.2 Å². The number of nitrogens with two attached hydrogens (primary N) is 1. The van der Waals surface area contributed by atoms with Crippen molar-refractivity contribution in [2.75, 3.05) is 36.8 Å². The van der Waals surface area contributed by atoms with E-state index in [4.69, 9.17) is 15.2 Å². The second-order valence-electron chi connectivity index (χ2n) is 6.30. The molecule has 1 heterocycles. The van der Waals surface area contributed by atoms with Gasteiger partial charge in [-0.25, -0.2) is 14.8 Å². The minimum atomic E-state index is -0.487. The van der Waals surface area contributed by atoms with Gasteiger partial charge >= 0.3 is 5.97 Å². The molecule has 0 saturated carbocycles. The summed E-state index contributed by atoms with van der Waals surface area (Å²) < 4.78 is 10.2. The normalized spacial score (nSPS) is 10.1. The molecule has 0 unspecified atom stereocenters. The van der Waals surface area contributed by atoms with Crippen LogP contribution in [-0.2, 0) is 9.53 Å². The van der Waals surface area contributed by atoms with Gasteiger partial charge in [-0.2, -0.15) is 0 Å². The third-order valence-corrected chi connectivity index (χ3v) is 4.28. The number of hydrogen-bond donors (Lipinski definition) is 3. The number of nitrogen functional groups attached to an aromatic ring is 1. The zero-order valence-corrected chi connectivity index (χ0v) is 17.0. The molecule has 10 heteroatoms. The van der Waals surface area contributed by atoms with Crippen molar-refractivity contribution in [1.82, 2.24) is 15.4 Å².